The highest BCUT2D eigenvalue weighted by Crippen LogP contribution is 2.31. The van der Waals surface area contributed by atoms with E-state index in [4.69, 9.17) is 16.3 Å². The predicted octanol–water partition coefficient (Wildman–Crippen LogP) is 4.40. The Morgan fingerprint density at radius 1 is 1.25 bits per heavy atom. The lowest BCUT2D eigenvalue weighted by molar-refractivity contribution is 0.0932. The highest BCUT2D eigenvalue weighted by Gasteiger charge is 2.26. The van der Waals surface area contributed by atoms with Crippen LogP contribution in [0.3, 0.4) is 0 Å². The van der Waals surface area contributed by atoms with Crippen molar-refractivity contribution in [2.45, 2.75) is 31.8 Å². The molecule has 0 radical (unpaired) electrons. The van der Waals surface area contributed by atoms with Gasteiger partial charge in [0.25, 0.3) is 5.91 Å². The van der Waals surface area contributed by atoms with Crippen molar-refractivity contribution in [2.24, 2.45) is 0 Å². The monoisotopic (exact) mass is 395 g/mol. The molecular weight excluding hydrogens is 374 g/mol. The summed E-state index contributed by atoms with van der Waals surface area (Å²) in [6.45, 7) is 0.650. The second-order valence-corrected chi connectivity index (χ2v) is 7.38. The standard InChI is InChI=1S/C22H22ClN3O2/c1-28-21-8-3-2-5-16(21)14-26-20-7-4-6-19(18(20)13-24-26)25-22(27)15-9-11-17(23)12-10-15/h2-3,5,8-13,19H,4,6-7,14H2,1H3,(H,25,27)/t19-/m0/s1. The van der Waals surface area contributed by atoms with Crippen LogP contribution >= 0.6 is 11.6 Å². The highest BCUT2D eigenvalue weighted by atomic mass is 35.5. The Kier molecular flexibility index (Phi) is 5.35. The second kappa shape index (κ2) is 8.07. The molecule has 0 saturated carbocycles. The molecule has 0 saturated heterocycles. The van der Waals surface area contributed by atoms with Crippen LogP contribution in [-0.2, 0) is 13.0 Å². The Morgan fingerprint density at radius 3 is 2.82 bits per heavy atom. The lowest BCUT2D eigenvalue weighted by Gasteiger charge is -2.24. The van der Waals surface area contributed by atoms with Gasteiger partial charge in [-0.15, -0.1) is 0 Å². The van der Waals surface area contributed by atoms with Gasteiger partial charge in [-0.25, -0.2) is 0 Å². The quantitative estimate of drug-likeness (QED) is 0.696. The van der Waals surface area contributed by atoms with Gasteiger partial charge in [0, 0.05) is 27.4 Å². The SMILES string of the molecule is COc1ccccc1Cn1ncc2c1CCC[C@@H]2NC(=O)c1ccc(Cl)cc1. The summed E-state index contributed by atoms with van der Waals surface area (Å²) in [5.74, 6) is 0.766. The number of amides is 1. The molecule has 1 heterocycles. The molecule has 6 heteroatoms. The Hall–Kier alpha value is -2.79. The van der Waals surface area contributed by atoms with E-state index in [-0.39, 0.29) is 11.9 Å². The Labute approximate surface area is 169 Å². The Bertz CT molecular complexity index is 982. The number of hydrogen-bond donors (Lipinski definition) is 1. The molecule has 3 aromatic rings. The average Bonchev–Trinajstić information content (AvgIpc) is 3.13. The van der Waals surface area contributed by atoms with Crippen molar-refractivity contribution >= 4 is 17.5 Å². The first kappa shape index (κ1) is 18.6. The number of carbonyl (C=O) groups is 1. The van der Waals surface area contributed by atoms with Crippen LogP contribution in [0.5, 0.6) is 5.75 Å². The average molecular weight is 396 g/mol. The van der Waals surface area contributed by atoms with Gasteiger partial charge < -0.3 is 10.1 Å². The fourth-order valence-corrected chi connectivity index (χ4v) is 3.87. The molecule has 0 unspecified atom stereocenters. The van der Waals surface area contributed by atoms with Crippen molar-refractivity contribution in [2.75, 3.05) is 7.11 Å². The van der Waals surface area contributed by atoms with E-state index in [1.165, 1.54) is 5.69 Å². The molecule has 0 fully saturated rings. The zero-order chi connectivity index (χ0) is 19.5. The number of benzene rings is 2. The third-order valence-corrected chi connectivity index (χ3v) is 5.44. The minimum Gasteiger partial charge on any atom is -0.496 e. The molecule has 1 aliphatic rings. The maximum absolute atomic E-state index is 12.6. The Balaban J connectivity index is 1.54. The van der Waals surface area contributed by atoms with Crippen LogP contribution in [0.15, 0.2) is 54.7 Å². The predicted molar refractivity (Wildman–Crippen MR) is 109 cm³/mol. The summed E-state index contributed by atoms with van der Waals surface area (Å²) in [6.07, 6.45) is 4.76. The molecule has 1 aliphatic carbocycles. The summed E-state index contributed by atoms with van der Waals surface area (Å²) >= 11 is 5.91. The number of aromatic nitrogens is 2. The fourth-order valence-electron chi connectivity index (χ4n) is 3.74. The van der Waals surface area contributed by atoms with E-state index in [0.29, 0.717) is 17.1 Å². The molecule has 5 nitrogen and oxygen atoms in total. The highest BCUT2D eigenvalue weighted by molar-refractivity contribution is 6.30. The van der Waals surface area contributed by atoms with Crippen molar-refractivity contribution in [3.8, 4) is 5.75 Å². The van der Waals surface area contributed by atoms with Gasteiger partial charge in [0.2, 0.25) is 0 Å². The summed E-state index contributed by atoms with van der Waals surface area (Å²) in [6, 6.07) is 14.9. The summed E-state index contributed by atoms with van der Waals surface area (Å²) in [5.41, 5.74) is 3.98. The van der Waals surface area contributed by atoms with Crippen LogP contribution < -0.4 is 10.1 Å². The summed E-state index contributed by atoms with van der Waals surface area (Å²) in [5, 5.41) is 8.37. The van der Waals surface area contributed by atoms with Crippen LogP contribution in [-0.4, -0.2) is 22.8 Å². The number of halogens is 1. The van der Waals surface area contributed by atoms with Gasteiger partial charge in [-0.05, 0) is 49.6 Å². The first-order valence-electron chi connectivity index (χ1n) is 9.38. The maximum Gasteiger partial charge on any atom is 0.251 e. The Morgan fingerprint density at radius 2 is 2.04 bits per heavy atom. The molecule has 4 rings (SSSR count). The lowest BCUT2D eigenvalue weighted by atomic mass is 9.92. The minimum atomic E-state index is -0.0907. The normalized spacial score (nSPS) is 15.7. The lowest BCUT2D eigenvalue weighted by Crippen LogP contribution is -2.31. The van der Waals surface area contributed by atoms with Gasteiger partial charge in [-0.2, -0.15) is 5.10 Å². The number of rotatable bonds is 5. The first-order chi connectivity index (χ1) is 13.7. The van der Waals surface area contributed by atoms with Crippen molar-refractivity contribution in [1.82, 2.24) is 15.1 Å². The van der Waals surface area contributed by atoms with Crippen molar-refractivity contribution < 1.29 is 9.53 Å². The molecule has 0 aliphatic heterocycles. The zero-order valence-electron chi connectivity index (χ0n) is 15.7. The molecule has 1 atom stereocenters. The van der Waals surface area contributed by atoms with Gasteiger partial charge >= 0.3 is 0 Å². The number of nitrogens with zero attached hydrogens (tertiary/aromatic N) is 2. The molecule has 28 heavy (non-hydrogen) atoms. The van der Waals surface area contributed by atoms with Gasteiger partial charge in [0.15, 0.2) is 0 Å². The van der Waals surface area contributed by atoms with Gasteiger partial charge in [0.1, 0.15) is 5.75 Å². The van der Waals surface area contributed by atoms with Crippen LogP contribution in [0.4, 0.5) is 0 Å². The number of hydrogen-bond acceptors (Lipinski definition) is 3. The molecule has 2 aromatic carbocycles. The summed E-state index contributed by atoms with van der Waals surface area (Å²) in [4.78, 5) is 12.6. The molecule has 0 spiro atoms. The number of fused-ring (bicyclic) bond motifs is 1. The molecule has 0 bridgehead atoms. The zero-order valence-corrected chi connectivity index (χ0v) is 16.4. The van der Waals surface area contributed by atoms with Crippen molar-refractivity contribution in [3.05, 3.63) is 82.1 Å². The van der Waals surface area contributed by atoms with Crippen molar-refractivity contribution in [1.29, 1.82) is 0 Å². The van der Waals surface area contributed by atoms with E-state index in [1.807, 2.05) is 29.1 Å². The largest absolute Gasteiger partial charge is 0.496 e. The van der Waals surface area contributed by atoms with Crippen LogP contribution in [0, 0.1) is 0 Å². The summed E-state index contributed by atoms with van der Waals surface area (Å²) < 4.78 is 7.48. The van der Waals surface area contributed by atoms with Crippen molar-refractivity contribution in [3.63, 3.8) is 0 Å². The van der Waals surface area contributed by atoms with E-state index in [9.17, 15) is 4.79 Å². The third-order valence-electron chi connectivity index (χ3n) is 5.19. The van der Waals surface area contributed by atoms with E-state index < -0.39 is 0 Å². The molecule has 1 aromatic heterocycles. The number of methoxy groups -OCH3 is 1. The maximum atomic E-state index is 12.6. The van der Waals surface area contributed by atoms with E-state index in [1.54, 1.807) is 31.4 Å². The van der Waals surface area contributed by atoms with Crippen LogP contribution in [0.25, 0.3) is 0 Å². The number of para-hydroxylation sites is 1. The number of carbonyl (C=O) groups excluding carboxylic acids is 1. The molecule has 1 N–H and O–H groups in total. The van der Waals surface area contributed by atoms with E-state index >= 15 is 0 Å². The molecule has 144 valence electrons. The van der Waals surface area contributed by atoms with Crippen LogP contribution in [0.2, 0.25) is 5.02 Å². The minimum absolute atomic E-state index is 0.0293. The number of nitrogens with one attached hydrogen (secondary N) is 1. The topological polar surface area (TPSA) is 56.1 Å². The smallest absolute Gasteiger partial charge is 0.251 e. The van der Waals surface area contributed by atoms with E-state index in [2.05, 4.69) is 16.5 Å². The number of ether oxygens (including phenoxy) is 1. The van der Waals surface area contributed by atoms with Crippen LogP contribution in [0.1, 0.15) is 46.1 Å². The second-order valence-electron chi connectivity index (χ2n) is 6.94. The van der Waals surface area contributed by atoms with E-state index in [0.717, 1.165) is 36.1 Å². The third kappa shape index (κ3) is 3.76. The van der Waals surface area contributed by atoms with Gasteiger partial charge in [-0.1, -0.05) is 29.8 Å². The first-order valence-corrected chi connectivity index (χ1v) is 9.76. The summed E-state index contributed by atoms with van der Waals surface area (Å²) in [7, 11) is 1.68. The van der Waals surface area contributed by atoms with Gasteiger partial charge in [0.05, 0.1) is 25.9 Å². The molecule has 1 amide bonds. The van der Waals surface area contributed by atoms with Gasteiger partial charge in [-0.3, -0.25) is 9.48 Å². The fraction of sp³-hybridized carbons (Fsp3) is 0.273. The molecular formula is C22H22ClN3O2.